The van der Waals surface area contributed by atoms with Crippen LogP contribution in [0.3, 0.4) is 0 Å². The molecule has 0 radical (unpaired) electrons. The second-order valence-electron chi connectivity index (χ2n) is 6.26. The van der Waals surface area contributed by atoms with Gasteiger partial charge in [-0.05, 0) is 43.7 Å². The Hall–Kier alpha value is -1.13. The Morgan fingerprint density at radius 2 is 1.80 bits per heavy atom. The first-order chi connectivity index (χ1) is 9.81. The number of pyridine rings is 1. The van der Waals surface area contributed by atoms with E-state index in [2.05, 4.69) is 26.9 Å². The molecule has 1 saturated carbocycles. The maximum absolute atomic E-state index is 5.99. The van der Waals surface area contributed by atoms with Crippen LogP contribution in [0.2, 0.25) is 0 Å². The molecule has 2 N–H and O–H groups in total. The Labute approximate surface area is 122 Å². The lowest BCUT2D eigenvalue weighted by molar-refractivity contribution is 0.186. The largest absolute Gasteiger partial charge is 0.354 e. The van der Waals surface area contributed by atoms with Gasteiger partial charge < -0.3 is 10.6 Å². The minimum absolute atomic E-state index is 0.465. The molecule has 0 aromatic carbocycles. The summed E-state index contributed by atoms with van der Waals surface area (Å²) in [6.07, 6.45) is 6.97. The second-order valence-corrected chi connectivity index (χ2v) is 6.26. The van der Waals surface area contributed by atoms with Gasteiger partial charge in [-0.1, -0.05) is 6.07 Å². The van der Waals surface area contributed by atoms with Crippen LogP contribution < -0.4 is 10.6 Å². The molecular formula is C16H26N4. The molecule has 4 nitrogen and oxygen atoms in total. The van der Waals surface area contributed by atoms with Crippen LogP contribution in [0, 0.1) is 5.92 Å². The van der Waals surface area contributed by atoms with Gasteiger partial charge in [0.25, 0.3) is 0 Å². The lowest BCUT2D eigenvalue weighted by Crippen LogP contribution is -2.48. The van der Waals surface area contributed by atoms with Crippen molar-refractivity contribution in [2.24, 2.45) is 11.7 Å². The van der Waals surface area contributed by atoms with Gasteiger partial charge in [0.05, 0.1) is 0 Å². The molecule has 1 aliphatic carbocycles. The lowest BCUT2D eigenvalue weighted by Gasteiger charge is -2.38. The second kappa shape index (κ2) is 6.55. The highest BCUT2D eigenvalue weighted by molar-refractivity contribution is 5.38. The fourth-order valence-electron chi connectivity index (χ4n) is 3.44. The summed E-state index contributed by atoms with van der Waals surface area (Å²) in [6, 6.07) is 6.62. The minimum Gasteiger partial charge on any atom is -0.354 e. The Balaban J connectivity index is 1.44. The van der Waals surface area contributed by atoms with E-state index in [1.165, 1.54) is 45.3 Å². The van der Waals surface area contributed by atoms with Crippen molar-refractivity contribution < 1.29 is 0 Å². The van der Waals surface area contributed by atoms with Crippen LogP contribution in [0.1, 0.15) is 25.7 Å². The van der Waals surface area contributed by atoms with E-state index in [0.717, 1.165) is 24.8 Å². The number of aromatic nitrogens is 1. The molecule has 0 bridgehead atoms. The number of nitrogens with two attached hydrogens (primary N) is 1. The van der Waals surface area contributed by atoms with Crippen molar-refractivity contribution in [2.45, 2.75) is 31.7 Å². The number of anilines is 1. The number of piperazine rings is 1. The van der Waals surface area contributed by atoms with Gasteiger partial charge in [-0.3, -0.25) is 4.90 Å². The Kier molecular flexibility index (Phi) is 4.53. The van der Waals surface area contributed by atoms with Gasteiger partial charge in [0, 0.05) is 45.0 Å². The summed E-state index contributed by atoms with van der Waals surface area (Å²) >= 11 is 0. The van der Waals surface area contributed by atoms with Gasteiger partial charge >= 0.3 is 0 Å². The van der Waals surface area contributed by atoms with Crippen LogP contribution >= 0.6 is 0 Å². The smallest absolute Gasteiger partial charge is 0.128 e. The third kappa shape index (κ3) is 3.49. The summed E-state index contributed by atoms with van der Waals surface area (Å²) in [4.78, 5) is 9.47. The van der Waals surface area contributed by atoms with E-state index < -0.39 is 0 Å². The fraction of sp³-hybridized carbons (Fsp3) is 0.688. The third-order valence-corrected chi connectivity index (χ3v) is 4.75. The first-order valence-electron chi connectivity index (χ1n) is 7.95. The summed E-state index contributed by atoms with van der Waals surface area (Å²) < 4.78 is 0. The van der Waals surface area contributed by atoms with E-state index >= 15 is 0 Å². The zero-order chi connectivity index (χ0) is 13.8. The maximum Gasteiger partial charge on any atom is 0.128 e. The monoisotopic (exact) mass is 274 g/mol. The van der Waals surface area contributed by atoms with Gasteiger partial charge in [0.1, 0.15) is 5.82 Å². The van der Waals surface area contributed by atoms with Crippen molar-refractivity contribution >= 4 is 5.82 Å². The van der Waals surface area contributed by atoms with Crippen molar-refractivity contribution in [1.82, 2.24) is 9.88 Å². The van der Waals surface area contributed by atoms with E-state index in [9.17, 15) is 0 Å². The van der Waals surface area contributed by atoms with Gasteiger partial charge in [0.2, 0.25) is 0 Å². The zero-order valence-electron chi connectivity index (χ0n) is 12.2. The SMILES string of the molecule is N[C@H]1CC[C@H](CN2CCN(c3ccccn3)CC2)CC1. The number of rotatable bonds is 3. The molecule has 3 rings (SSSR count). The minimum atomic E-state index is 0.465. The standard InChI is InChI=1S/C16H26N4/c17-15-6-4-14(5-7-15)13-19-9-11-20(12-10-19)16-3-1-2-8-18-16/h1-3,8,14-15H,4-7,9-13,17H2/t14-,15-. The Bertz CT molecular complexity index is 392. The van der Waals surface area contributed by atoms with Crippen LogP contribution in [0.5, 0.6) is 0 Å². The normalized spacial score (nSPS) is 28.6. The Morgan fingerprint density at radius 1 is 1.05 bits per heavy atom. The van der Waals surface area contributed by atoms with Crippen LogP contribution in [0.4, 0.5) is 5.82 Å². The fourth-order valence-corrected chi connectivity index (χ4v) is 3.44. The molecule has 4 heteroatoms. The molecule has 2 heterocycles. The molecule has 0 amide bonds. The average molecular weight is 274 g/mol. The van der Waals surface area contributed by atoms with Crippen LogP contribution in [0.15, 0.2) is 24.4 Å². The van der Waals surface area contributed by atoms with E-state index in [1.54, 1.807) is 0 Å². The summed E-state index contributed by atoms with van der Waals surface area (Å²) in [6.45, 7) is 5.80. The maximum atomic E-state index is 5.99. The van der Waals surface area contributed by atoms with Gasteiger partial charge in [-0.25, -0.2) is 4.98 Å². The highest BCUT2D eigenvalue weighted by Gasteiger charge is 2.23. The van der Waals surface area contributed by atoms with Crippen molar-refractivity contribution in [1.29, 1.82) is 0 Å². The molecule has 0 atom stereocenters. The third-order valence-electron chi connectivity index (χ3n) is 4.75. The van der Waals surface area contributed by atoms with E-state index in [4.69, 9.17) is 5.73 Å². The molecule has 1 saturated heterocycles. The first kappa shape index (κ1) is 13.8. The van der Waals surface area contributed by atoms with Crippen molar-refractivity contribution in [3.05, 3.63) is 24.4 Å². The first-order valence-corrected chi connectivity index (χ1v) is 7.95. The number of hydrogen-bond acceptors (Lipinski definition) is 4. The number of hydrogen-bond donors (Lipinski definition) is 1. The van der Waals surface area contributed by atoms with Crippen LogP contribution in [-0.4, -0.2) is 48.6 Å². The molecule has 0 unspecified atom stereocenters. The molecule has 2 aliphatic rings. The molecule has 1 aliphatic heterocycles. The lowest BCUT2D eigenvalue weighted by atomic mass is 9.86. The van der Waals surface area contributed by atoms with E-state index in [1.807, 2.05) is 12.3 Å². The van der Waals surface area contributed by atoms with Gasteiger partial charge in [-0.2, -0.15) is 0 Å². The highest BCUT2D eigenvalue weighted by Crippen LogP contribution is 2.24. The van der Waals surface area contributed by atoms with Crippen molar-refractivity contribution in [3.8, 4) is 0 Å². The summed E-state index contributed by atoms with van der Waals surface area (Å²) in [5, 5.41) is 0. The van der Waals surface area contributed by atoms with Crippen LogP contribution in [0.25, 0.3) is 0 Å². The Morgan fingerprint density at radius 3 is 2.45 bits per heavy atom. The summed E-state index contributed by atoms with van der Waals surface area (Å²) in [5.41, 5.74) is 5.99. The van der Waals surface area contributed by atoms with E-state index in [-0.39, 0.29) is 0 Å². The summed E-state index contributed by atoms with van der Waals surface area (Å²) in [7, 11) is 0. The molecule has 0 spiro atoms. The quantitative estimate of drug-likeness (QED) is 0.911. The highest BCUT2D eigenvalue weighted by atomic mass is 15.3. The predicted octanol–water partition coefficient (Wildman–Crippen LogP) is 1.72. The van der Waals surface area contributed by atoms with E-state index in [0.29, 0.717) is 6.04 Å². The number of nitrogens with zero attached hydrogens (tertiary/aromatic N) is 3. The molecule has 20 heavy (non-hydrogen) atoms. The van der Waals surface area contributed by atoms with Gasteiger partial charge in [-0.15, -0.1) is 0 Å². The molecule has 2 fully saturated rings. The zero-order valence-corrected chi connectivity index (χ0v) is 12.2. The molecule has 1 aromatic heterocycles. The molecule has 110 valence electrons. The van der Waals surface area contributed by atoms with Crippen molar-refractivity contribution in [3.63, 3.8) is 0 Å². The van der Waals surface area contributed by atoms with Crippen molar-refractivity contribution in [2.75, 3.05) is 37.6 Å². The molecular weight excluding hydrogens is 248 g/mol. The predicted molar refractivity (Wildman–Crippen MR) is 82.8 cm³/mol. The van der Waals surface area contributed by atoms with Crippen LogP contribution in [-0.2, 0) is 0 Å². The van der Waals surface area contributed by atoms with Gasteiger partial charge in [0.15, 0.2) is 0 Å². The average Bonchev–Trinajstić information content (AvgIpc) is 2.51. The topological polar surface area (TPSA) is 45.4 Å². The summed E-state index contributed by atoms with van der Waals surface area (Å²) in [5.74, 6) is 1.99. The molecule has 1 aromatic rings.